The molecule has 0 aromatic carbocycles. The molecule has 0 saturated heterocycles. The van der Waals surface area contributed by atoms with Crippen molar-refractivity contribution in [3.63, 3.8) is 0 Å². The molecule has 0 heterocycles. The zero-order valence-corrected chi connectivity index (χ0v) is 9.29. The molecule has 0 rings (SSSR count). The molecule has 4 nitrogen and oxygen atoms in total. The molecule has 2 atom stereocenters. The number of carbonyl (C=O) groups is 1. The summed E-state index contributed by atoms with van der Waals surface area (Å²) < 4.78 is 0. The van der Waals surface area contributed by atoms with Gasteiger partial charge in [-0.2, -0.15) is 0 Å². The van der Waals surface area contributed by atoms with Crippen LogP contribution in [0.15, 0.2) is 0 Å². The number of amides is 1. The average molecular weight is 202 g/mol. The number of rotatable bonds is 6. The Labute approximate surface area is 85.9 Å². The zero-order chi connectivity index (χ0) is 11.1. The fourth-order valence-electron chi connectivity index (χ4n) is 1.13. The van der Waals surface area contributed by atoms with Gasteiger partial charge in [-0.15, -0.1) is 0 Å². The smallest absolute Gasteiger partial charge is 0.237 e. The summed E-state index contributed by atoms with van der Waals surface area (Å²) in [6.07, 6.45) is 1.41. The lowest BCUT2D eigenvalue weighted by Crippen LogP contribution is -2.47. The number of aliphatic hydroxyl groups excluding tert-OH is 1. The van der Waals surface area contributed by atoms with E-state index in [-0.39, 0.29) is 24.5 Å². The number of nitrogens with two attached hydrogens (primary N) is 1. The highest BCUT2D eigenvalue weighted by atomic mass is 16.3. The molecule has 0 bridgehead atoms. The maximum atomic E-state index is 11.5. The van der Waals surface area contributed by atoms with E-state index >= 15 is 0 Å². The Kier molecular flexibility index (Phi) is 6.49. The summed E-state index contributed by atoms with van der Waals surface area (Å²) in [5, 5.41) is 11.6. The molecule has 14 heavy (non-hydrogen) atoms. The van der Waals surface area contributed by atoms with Crippen LogP contribution in [0.3, 0.4) is 0 Å². The Bertz CT molecular complexity index is 172. The Morgan fingerprint density at radius 2 is 2.07 bits per heavy atom. The van der Waals surface area contributed by atoms with E-state index in [0.29, 0.717) is 6.42 Å². The van der Waals surface area contributed by atoms with Gasteiger partial charge in [-0.3, -0.25) is 4.79 Å². The van der Waals surface area contributed by atoms with E-state index in [2.05, 4.69) is 5.32 Å². The second kappa shape index (κ2) is 6.79. The standard InChI is InChI=1S/C10H22N2O2/c1-4-8(5-6-13)12-10(14)9(11)7(2)3/h7-9,13H,4-6,11H2,1-3H3,(H,12,14)/t8?,9-/m0/s1. The van der Waals surface area contributed by atoms with Crippen LogP contribution in [0.4, 0.5) is 0 Å². The largest absolute Gasteiger partial charge is 0.396 e. The number of nitrogens with one attached hydrogen (secondary N) is 1. The van der Waals surface area contributed by atoms with E-state index in [4.69, 9.17) is 10.8 Å². The van der Waals surface area contributed by atoms with Crippen LogP contribution >= 0.6 is 0 Å². The number of aliphatic hydroxyl groups is 1. The van der Waals surface area contributed by atoms with E-state index in [1.807, 2.05) is 20.8 Å². The normalized spacial score (nSPS) is 15.3. The number of hydrogen-bond donors (Lipinski definition) is 3. The summed E-state index contributed by atoms with van der Waals surface area (Å²) in [7, 11) is 0. The van der Waals surface area contributed by atoms with Crippen molar-refractivity contribution in [2.75, 3.05) is 6.61 Å². The highest BCUT2D eigenvalue weighted by Gasteiger charge is 2.19. The molecule has 0 aliphatic heterocycles. The van der Waals surface area contributed by atoms with Crippen molar-refractivity contribution in [2.45, 2.75) is 45.7 Å². The van der Waals surface area contributed by atoms with Gasteiger partial charge in [0.05, 0.1) is 6.04 Å². The molecule has 0 aromatic rings. The van der Waals surface area contributed by atoms with Crippen molar-refractivity contribution in [3.8, 4) is 0 Å². The van der Waals surface area contributed by atoms with E-state index in [1.54, 1.807) is 0 Å². The molecular formula is C10H22N2O2. The molecule has 0 radical (unpaired) electrons. The van der Waals surface area contributed by atoms with Crippen LogP contribution in [0.5, 0.6) is 0 Å². The zero-order valence-electron chi connectivity index (χ0n) is 9.29. The van der Waals surface area contributed by atoms with Gasteiger partial charge in [-0.1, -0.05) is 20.8 Å². The summed E-state index contributed by atoms with van der Waals surface area (Å²) in [6.45, 7) is 5.89. The van der Waals surface area contributed by atoms with Crippen molar-refractivity contribution < 1.29 is 9.90 Å². The summed E-state index contributed by atoms with van der Waals surface area (Å²) >= 11 is 0. The average Bonchev–Trinajstić information content (AvgIpc) is 2.15. The predicted molar refractivity (Wildman–Crippen MR) is 56.7 cm³/mol. The van der Waals surface area contributed by atoms with Gasteiger partial charge in [0.2, 0.25) is 5.91 Å². The van der Waals surface area contributed by atoms with Gasteiger partial charge in [0, 0.05) is 12.6 Å². The van der Waals surface area contributed by atoms with Crippen molar-refractivity contribution in [1.82, 2.24) is 5.32 Å². The highest BCUT2D eigenvalue weighted by molar-refractivity contribution is 5.81. The summed E-state index contributed by atoms with van der Waals surface area (Å²) in [4.78, 5) is 11.5. The van der Waals surface area contributed by atoms with Gasteiger partial charge in [-0.25, -0.2) is 0 Å². The Morgan fingerprint density at radius 1 is 1.50 bits per heavy atom. The van der Waals surface area contributed by atoms with Crippen molar-refractivity contribution in [1.29, 1.82) is 0 Å². The minimum absolute atomic E-state index is 0.0392. The van der Waals surface area contributed by atoms with Crippen LogP contribution < -0.4 is 11.1 Å². The first-order valence-electron chi connectivity index (χ1n) is 5.19. The molecule has 84 valence electrons. The molecular weight excluding hydrogens is 180 g/mol. The first-order valence-corrected chi connectivity index (χ1v) is 5.19. The Balaban J connectivity index is 4.01. The first-order chi connectivity index (χ1) is 6.52. The molecule has 4 heteroatoms. The Morgan fingerprint density at radius 3 is 2.43 bits per heavy atom. The lowest BCUT2D eigenvalue weighted by Gasteiger charge is -2.20. The number of hydrogen-bond acceptors (Lipinski definition) is 3. The molecule has 0 spiro atoms. The third-order valence-corrected chi connectivity index (χ3v) is 2.34. The predicted octanol–water partition coefficient (Wildman–Crippen LogP) is 0.247. The molecule has 0 aliphatic carbocycles. The Hall–Kier alpha value is -0.610. The van der Waals surface area contributed by atoms with Gasteiger partial charge < -0.3 is 16.2 Å². The van der Waals surface area contributed by atoms with Crippen LogP contribution in [0.25, 0.3) is 0 Å². The van der Waals surface area contributed by atoms with E-state index in [0.717, 1.165) is 6.42 Å². The lowest BCUT2D eigenvalue weighted by atomic mass is 10.0. The number of carbonyl (C=O) groups excluding carboxylic acids is 1. The van der Waals surface area contributed by atoms with E-state index in [9.17, 15) is 4.79 Å². The second-order valence-electron chi connectivity index (χ2n) is 3.90. The highest BCUT2D eigenvalue weighted by Crippen LogP contribution is 2.01. The summed E-state index contributed by atoms with van der Waals surface area (Å²) in [6, 6.07) is -0.417. The van der Waals surface area contributed by atoms with Gasteiger partial charge >= 0.3 is 0 Å². The first kappa shape index (κ1) is 13.4. The second-order valence-corrected chi connectivity index (χ2v) is 3.90. The molecule has 1 unspecified atom stereocenters. The van der Waals surface area contributed by atoms with Gasteiger partial charge in [0.1, 0.15) is 0 Å². The van der Waals surface area contributed by atoms with Gasteiger partial charge in [0.25, 0.3) is 0 Å². The van der Waals surface area contributed by atoms with Crippen LogP contribution in [0, 0.1) is 5.92 Å². The summed E-state index contributed by atoms with van der Waals surface area (Å²) in [5.41, 5.74) is 5.68. The quantitative estimate of drug-likeness (QED) is 0.578. The topological polar surface area (TPSA) is 75.3 Å². The van der Waals surface area contributed by atoms with Crippen LogP contribution in [-0.4, -0.2) is 29.7 Å². The molecule has 0 aliphatic rings. The fourth-order valence-corrected chi connectivity index (χ4v) is 1.13. The monoisotopic (exact) mass is 202 g/mol. The van der Waals surface area contributed by atoms with Crippen LogP contribution in [0.2, 0.25) is 0 Å². The minimum atomic E-state index is -0.456. The van der Waals surface area contributed by atoms with Gasteiger partial charge in [0.15, 0.2) is 0 Å². The van der Waals surface area contributed by atoms with Crippen molar-refractivity contribution in [2.24, 2.45) is 11.7 Å². The maximum Gasteiger partial charge on any atom is 0.237 e. The maximum absolute atomic E-state index is 11.5. The summed E-state index contributed by atoms with van der Waals surface area (Å²) in [5.74, 6) is 0.0157. The SMILES string of the molecule is CCC(CCO)NC(=O)[C@@H](N)C(C)C. The van der Waals surface area contributed by atoms with Crippen molar-refractivity contribution >= 4 is 5.91 Å². The molecule has 0 aromatic heterocycles. The van der Waals surface area contributed by atoms with Crippen molar-refractivity contribution in [3.05, 3.63) is 0 Å². The fraction of sp³-hybridized carbons (Fsp3) is 0.900. The molecule has 0 fully saturated rings. The lowest BCUT2D eigenvalue weighted by molar-refractivity contribution is -0.124. The minimum Gasteiger partial charge on any atom is -0.396 e. The van der Waals surface area contributed by atoms with Crippen LogP contribution in [-0.2, 0) is 4.79 Å². The van der Waals surface area contributed by atoms with E-state index < -0.39 is 6.04 Å². The van der Waals surface area contributed by atoms with Crippen LogP contribution in [0.1, 0.15) is 33.6 Å². The third-order valence-electron chi connectivity index (χ3n) is 2.34. The van der Waals surface area contributed by atoms with Gasteiger partial charge in [-0.05, 0) is 18.8 Å². The third kappa shape index (κ3) is 4.58. The molecule has 4 N–H and O–H groups in total. The molecule has 0 saturated carbocycles. The molecule has 1 amide bonds. The van der Waals surface area contributed by atoms with E-state index in [1.165, 1.54) is 0 Å².